The molecule has 1 fully saturated rings. The molecule has 3 rings (SSSR count). The van der Waals surface area contributed by atoms with E-state index in [4.69, 9.17) is 4.42 Å². The van der Waals surface area contributed by atoms with Gasteiger partial charge < -0.3 is 4.42 Å². The van der Waals surface area contributed by atoms with Crippen molar-refractivity contribution in [3.8, 4) is 10.8 Å². The Balaban J connectivity index is 1.67. The van der Waals surface area contributed by atoms with Crippen molar-refractivity contribution < 1.29 is 12.8 Å². The van der Waals surface area contributed by atoms with Gasteiger partial charge in [-0.25, -0.2) is 13.4 Å². The fourth-order valence-electron chi connectivity index (χ4n) is 2.55. The van der Waals surface area contributed by atoms with Crippen LogP contribution in [0.25, 0.3) is 10.8 Å². The van der Waals surface area contributed by atoms with Crippen LogP contribution in [-0.2, 0) is 16.4 Å². The average molecular weight is 326 g/mol. The molecule has 0 spiro atoms. The van der Waals surface area contributed by atoms with Gasteiger partial charge in [0.05, 0.1) is 17.2 Å². The Morgan fingerprint density at radius 2 is 2.29 bits per heavy atom. The first-order chi connectivity index (χ1) is 9.93. The van der Waals surface area contributed by atoms with Crippen molar-refractivity contribution in [1.82, 2.24) is 9.88 Å². The number of hydrogen-bond acceptors (Lipinski definition) is 6. The molecule has 0 saturated carbocycles. The van der Waals surface area contributed by atoms with Gasteiger partial charge in [0.15, 0.2) is 20.6 Å². The van der Waals surface area contributed by atoms with Crippen molar-refractivity contribution in [3.63, 3.8) is 0 Å². The maximum absolute atomic E-state index is 11.5. The fraction of sp³-hybridized carbons (Fsp3) is 0.500. The Labute approximate surface area is 128 Å². The van der Waals surface area contributed by atoms with Crippen LogP contribution in [0.15, 0.2) is 21.9 Å². The molecule has 1 aliphatic rings. The molecule has 2 aromatic rings. The molecule has 7 heteroatoms. The van der Waals surface area contributed by atoms with Crippen LogP contribution in [-0.4, -0.2) is 42.9 Å². The smallest absolute Gasteiger partial charge is 0.162 e. The number of furan rings is 1. The zero-order valence-corrected chi connectivity index (χ0v) is 13.7. The summed E-state index contributed by atoms with van der Waals surface area (Å²) in [6.45, 7) is 2.57. The van der Waals surface area contributed by atoms with E-state index in [1.165, 1.54) is 0 Å². The third kappa shape index (κ3) is 3.36. The van der Waals surface area contributed by atoms with Crippen LogP contribution in [0, 0.1) is 6.92 Å². The minimum atomic E-state index is -2.84. The molecule has 0 radical (unpaired) electrons. The van der Waals surface area contributed by atoms with Crippen molar-refractivity contribution in [2.45, 2.75) is 25.9 Å². The number of hydrogen-bond donors (Lipinski definition) is 0. The zero-order chi connectivity index (χ0) is 15.0. The molecule has 0 amide bonds. The Morgan fingerprint density at radius 3 is 2.90 bits per heavy atom. The highest BCUT2D eigenvalue weighted by atomic mass is 32.2. The van der Waals surface area contributed by atoms with E-state index in [-0.39, 0.29) is 11.8 Å². The number of rotatable bonds is 4. The van der Waals surface area contributed by atoms with E-state index >= 15 is 0 Å². The summed E-state index contributed by atoms with van der Waals surface area (Å²) in [6.07, 6.45) is 0.715. The first-order valence-electron chi connectivity index (χ1n) is 6.85. The minimum absolute atomic E-state index is 0.103. The molecule has 1 atom stereocenters. The Hall–Kier alpha value is -1.18. The van der Waals surface area contributed by atoms with Crippen LogP contribution in [0.1, 0.15) is 17.9 Å². The van der Waals surface area contributed by atoms with Crippen LogP contribution < -0.4 is 0 Å². The highest BCUT2D eigenvalue weighted by Gasteiger charge is 2.30. The number of aromatic nitrogens is 1. The summed E-state index contributed by atoms with van der Waals surface area (Å²) < 4.78 is 28.6. The highest BCUT2D eigenvalue weighted by molar-refractivity contribution is 7.91. The molecule has 114 valence electrons. The predicted octanol–water partition coefficient (Wildman–Crippen LogP) is 2.33. The van der Waals surface area contributed by atoms with Gasteiger partial charge in [-0.2, -0.15) is 0 Å². The lowest BCUT2D eigenvalue weighted by molar-refractivity contribution is 0.251. The molecule has 0 aliphatic carbocycles. The lowest BCUT2D eigenvalue weighted by Crippen LogP contribution is -2.32. The first-order valence-corrected chi connectivity index (χ1v) is 9.55. The van der Waals surface area contributed by atoms with E-state index in [1.54, 1.807) is 11.3 Å². The molecule has 0 bridgehead atoms. The molecule has 0 N–H and O–H groups in total. The molecule has 2 aromatic heterocycles. The van der Waals surface area contributed by atoms with Gasteiger partial charge in [-0.1, -0.05) is 0 Å². The molecule has 0 unspecified atom stereocenters. The molecule has 0 aromatic carbocycles. The monoisotopic (exact) mass is 326 g/mol. The maximum atomic E-state index is 11.5. The molecule has 21 heavy (non-hydrogen) atoms. The third-order valence-corrected chi connectivity index (χ3v) is 6.40. The molecule has 5 nitrogen and oxygen atoms in total. The van der Waals surface area contributed by atoms with E-state index in [2.05, 4.69) is 9.88 Å². The van der Waals surface area contributed by atoms with E-state index in [0.717, 1.165) is 22.2 Å². The van der Waals surface area contributed by atoms with Crippen LogP contribution in [0.5, 0.6) is 0 Å². The van der Waals surface area contributed by atoms with Crippen molar-refractivity contribution in [2.75, 3.05) is 18.6 Å². The highest BCUT2D eigenvalue weighted by Crippen LogP contribution is 2.26. The van der Waals surface area contributed by atoms with Gasteiger partial charge >= 0.3 is 0 Å². The quantitative estimate of drug-likeness (QED) is 0.863. The van der Waals surface area contributed by atoms with Crippen LogP contribution in [0.3, 0.4) is 0 Å². The summed E-state index contributed by atoms with van der Waals surface area (Å²) >= 11 is 1.55. The second-order valence-corrected chi connectivity index (χ2v) is 8.61. The molecular formula is C14H18N2O3S2. The lowest BCUT2D eigenvalue weighted by Gasteiger charge is -2.21. The van der Waals surface area contributed by atoms with E-state index < -0.39 is 9.84 Å². The second-order valence-electron chi connectivity index (χ2n) is 5.53. The number of aryl methyl sites for hydroxylation is 1. The number of nitrogens with zero attached hydrogens (tertiary/aromatic N) is 2. The predicted molar refractivity (Wildman–Crippen MR) is 83.1 cm³/mol. The summed E-state index contributed by atoms with van der Waals surface area (Å²) in [5.74, 6) is 2.22. The van der Waals surface area contributed by atoms with Crippen LogP contribution in [0.2, 0.25) is 0 Å². The van der Waals surface area contributed by atoms with E-state index in [0.29, 0.717) is 18.7 Å². The Kier molecular flexibility index (Phi) is 3.90. The largest absolute Gasteiger partial charge is 0.459 e. The molecule has 3 heterocycles. The van der Waals surface area contributed by atoms with Gasteiger partial charge in [0.1, 0.15) is 5.76 Å². The third-order valence-electron chi connectivity index (χ3n) is 3.75. The minimum Gasteiger partial charge on any atom is -0.459 e. The molecule has 1 aliphatic heterocycles. The summed E-state index contributed by atoms with van der Waals surface area (Å²) in [5.41, 5.74) is 0.954. The second kappa shape index (κ2) is 5.55. The van der Waals surface area contributed by atoms with Gasteiger partial charge in [-0.3, -0.25) is 4.90 Å². The van der Waals surface area contributed by atoms with Crippen molar-refractivity contribution in [3.05, 3.63) is 29.0 Å². The summed E-state index contributed by atoms with van der Waals surface area (Å²) in [6, 6.07) is 3.95. The van der Waals surface area contributed by atoms with Crippen LogP contribution in [0.4, 0.5) is 0 Å². The SMILES string of the molecule is Cc1ccc(-c2nc(CN(C)[C@@H]3CCS(=O)(=O)C3)cs2)o1. The van der Waals surface area contributed by atoms with Gasteiger partial charge in [-0.05, 0) is 32.5 Å². The zero-order valence-electron chi connectivity index (χ0n) is 12.1. The van der Waals surface area contributed by atoms with E-state index in [9.17, 15) is 8.42 Å². The van der Waals surface area contributed by atoms with Gasteiger partial charge in [-0.15, -0.1) is 11.3 Å². The normalized spacial score (nSPS) is 21.2. The van der Waals surface area contributed by atoms with Gasteiger partial charge in [0.25, 0.3) is 0 Å². The maximum Gasteiger partial charge on any atom is 0.162 e. The first kappa shape index (κ1) is 14.7. The van der Waals surface area contributed by atoms with Crippen molar-refractivity contribution in [1.29, 1.82) is 0 Å². The van der Waals surface area contributed by atoms with Crippen LogP contribution >= 0.6 is 11.3 Å². The summed E-state index contributed by atoms with van der Waals surface area (Å²) in [7, 11) is -0.882. The van der Waals surface area contributed by atoms with E-state index in [1.807, 2.05) is 31.5 Å². The molecule has 1 saturated heterocycles. The Bertz CT molecular complexity index is 733. The number of sulfone groups is 1. The van der Waals surface area contributed by atoms with Crippen molar-refractivity contribution in [2.24, 2.45) is 0 Å². The van der Waals surface area contributed by atoms with Gasteiger partial charge in [0, 0.05) is 18.0 Å². The summed E-state index contributed by atoms with van der Waals surface area (Å²) in [4.78, 5) is 6.66. The topological polar surface area (TPSA) is 63.4 Å². The van der Waals surface area contributed by atoms with Gasteiger partial charge in [0.2, 0.25) is 0 Å². The summed E-state index contributed by atoms with van der Waals surface area (Å²) in [5, 5.41) is 2.87. The standard InChI is InChI=1S/C14H18N2O3S2/c1-10-3-4-13(19-10)14-15-11(8-20-14)7-16(2)12-5-6-21(17,18)9-12/h3-4,8,12H,5-7,9H2,1-2H3/t12-/m1/s1. The lowest BCUT2D eigenvalue weighted by atomic mass is 10.2. The molecular weight excluding hydrogens is 308 g/mol. The average Bonchev–Trinajstić information content (AvgIpc) is 3.09. The fourth-order valence-corrected chi connectivity index (χ4v) is 5.13. The number of thiazole rings is 1. The Morgan fingerprint density at radius 1 is 1.48 bits per heavy atom. The van der Waals surface area contributed by atoms with Crippen molar-refractivity contribution >= 4 is 21.2 Å².